The molecule has 1 fully saturated rings. The number of rotatable bonds is 6. The number of nitrogens with zero attached hydrogens (tertiary/aromatic N) is 1. The number of H-pyrrole nitrogens is 1. The lowest BCUT2D eigenvalue weighted by Crippen LogP contribution is -2.44. The van der Waals surface area contributed by atoms with Crippen LogP contribution in [0.25, 0.3) is 10.9 Å². The molecule has 0 saturated carbocycles. The minimum atomic E-state index is -0.0507. The molecular weight excluding hydrogens is 370 g/mol. The highest BCUT2D eigenvalue weighted by molar-refractivity contribution is 7.80. The Morgan fingerprint density at radius 2 is 2.18 bits per heavy atom. The highest BCUT2D eigenvalue weighted by Gasteiger charge is 2.22. The Morgan fingerprint density at radius 1 is 1.39 bits per heavy atom. The van der Waals surface area contributed by atoms with Crippen molar-refractivity contribution in [3.8, 4) is 0 Å². The summed E-state index contributed by atoms with van der Waals surface area (Å²) in [5.41, 5.74) is 3.88. The summed E-state index contributed by atoms with van der Waals surface area (Å²) in [6, 6.07) is 6.16. The van der Waals surface area contributed by atoms with Gasteiger partial charge in [0.1, 0.15) is 0 Å². The first-order valence-corrected chi connectivity index (χ1v) is 10.5. The Kier molecular flexibility index (Phi) is 6.73. The number of aromatic nitrogens is 1. The molecule has 0 aliphatic carbocycles. The van der Waals surface area contributed by atoms with E-state index in [1.165, 1.54) is 5.56 Å². The number of fused-ring (bicyclic) bond motifs is 1. The molecule has 1 aromatic carbocycles. The van der Waals surface area contributed by atoms with Gasteiger partial charge < -0.3 is 19.9 Å². The lowest BCUT2D eigenvalue weighted by Gasteiger charge is -2.28. The fraction of sp³-hybridized carbons (Fsp3) is 0.545. The molecule has 0 spiro atoms. The van der Waals surface area contributed by atoms with Crippen molar-refractivity contribution in [1.29, 1.82) is 0 Å². The van der Waals surface area contributed by atoms with Gasteiger partial charge >= 0.3 is 0 Å². The first-order chi connectivity index (χ1) is 13.3. The van der Waals surface area contributed by atoms with Crippen LogP contribution in [-0.4, -0.2) is 40.8 Å². The number of ether oxygens (including phenoxy) is 1. The third-order valence-electron chi connectivity index (χ3n) is 5.39. The van der Waals surface area contributed by atoms with Gasteiger partial charge in [-0.2, -0.15) is 0 Å². The molecule has 152 valence electrons. The topological polar surface area (TPSA) is 57.4 Å². The molecule has 1 aliphatic heterocycles. The van der Waals surface area contributed by atoms with Crippen molar-refractivity contribution in [3.05, 3.63) is 45.2 Å². The summed E-state index contributed by atoms with van der Waals surface area (Å²) < 4.78 is 5.81. The van der Waals surface area contributed by atoms with Gasteiger partial charge in [0.05, 0.1) is 18.2 Å². The van der Waals surface area contributed by atoms with E-state index < -0.39 is 0 Å². The van der Waals surface area contributed by atoms with Gasteiger partial charge in [0.15, 0.2) is 5.11 Å². The summed E-state index contributed by atoms with van der Waals surface area (Å²) in [5, 5.41) is 5.07. The predicted molar refractivity (Wildman–Crippen MR) is 119 cm³/mol. The second kappa shape index (κ2) is 9.05. The second-order valence-electron chi connectivity index (χ2n) is 8.19. The minimum Gasteiger partial charge on any atom is -0.376 e. The van der Waals surface area contributed by atoms with Crippen LogP contribution in [0.4, 0.5) is 0 Å². The summed E-state index contributed by atoms with van der Waals surface area (Å²) >= 11 is 5.65. The third kappa shape index (κ3) is 4.92. The van der Waals surface area contributed by atoms with Gasteiger partial charge in [-0.15, -0.1) is 0 Å². The van der Waals surface area contributed by atoms with E-state index in [2.05, 4.69) is 48.1 Å². The Bertz CT molecular complexity index is 901. The standard InChI is InChI=1S/C22H31N3O2S/c1-14(2)11-23-22(28)25(13-19-6-5-9-27-19)12-18-10-17-8-7-15(3)16(4)20(17)24-21(18)26/h7-8,10,14,19H,5-6,9,11-13H2,1-4H3,(H,23,28)(H,24,26)/t19-/m1/s1. The van der Waals surface area contributed by atoms with Crippen LogP contribution in [0, 0.1) is 19.8 Å². The van der Waals surface area contributed by atoms with E-state index >= 15 is 0 Å². The zero-order valence-corrected chi connectivity index (χ0v) is 18.1. The van der Waals surface area contributed by atoms with E-state index in [1.54, 1.807) is 0 Å². The molecule has 0 bridgehead atoms. The molecule has 3 rings (SSSR count). The lowest BCUT2D eigenvalue weighted by molar-refractivity contribution is 0.0896. The Balaban J connectivity index is 1.86. The monoisotopic (exact) mass is 401 g/mol. The first-order valence-electron chi connectivity index (χ1n) is 10.1. The molecule has 0 amide bonds. The van der Waals surface area contributed by atoms with Crippen LogP contribution in [0.15, 0.2) is 23.0 Å². The quantitative estimate of drug-likeness (QED) is 0.724. The smallest absolute Gasteiger partial charge is 0.253 e. The van der Waals surface area contributed by atoms with E-state index in [0.717, 1.165) is 48.0 Å². The average molecular weight is 402 g/mol. The summed E-state index contributed by atoms with van der Waals surface area (Å²) in [6.07, 6.45) is 2.29. The maximum absolute atomic E-state index is 12.8. The summed E-state index contributed by atoms with van der Waals surface area (Å²) in [4.78, 5) is 17.9. The molecular formula is C22H31N3O2S. The SMILES string of the molecule is Cc1ccc2cc(CN(C[C@H]3CCCO3)C(=S)NCC(C)C)c(=O)[nH]c2c1C. The molecule has 1 atom stereocenters. The number of nitrogens with one attached hydrogen (secondary N) is 2. The van der Waals surface area contributed by atoms with Gasteiger partial charge in [-0.3, -0.25) is 4.79 Å². The van der Waals surface area contributed by atoms with E-state index in [-0.39, 0.29) is 11.7 Å². The van der Waals surface area contributed by atoms with Gasteiger partial charge in [0.2, 0.25) is 0 Å². The van der Waals surface area contributed by atoms with Crippen molar-refractivity contribution in [2.24, 2.45) is 5.92 Å². The largest absolute Gasteiger partial charge is 0.376 e. The second-order valence-corrected chi connectivity index (χ2v) is 8.58. The van der Waals surface area contributed by atoms with Crippen LogP contribution < -0.4 is 10.9 Å². The van der Waals surface area contributed by atoms with Crippen molar-refractivity contribution >= 4 is 28.2 Å². The van der Waals surface area contributed by atoms with Crippen molar-refractivity contribution in [2.75, 3.05) is 19.7 Å². The maximum atomic E-state index is 12.8. The summed E-state index contributed by atoms with van der Waals surface area (Å²) in [7, 11) is 0. The van der Waals surface area contributed by atoms with Gasteiger partial charge in [-0.05, 0) is 67.4 Å². The summed E-state index contributed by atoms with van der Waals surface area (Å²) in [6.45, 7) is 11.2. The third-order valence-corrected chi connectivity index (χ3v) is 5.79. The molecule has 1 aromatic heterocycles. The minimum absolute atomic E-state index is 0.0507. The van der Waals surface area contributed by atoms with Crippen LogP contribution in [0.5, 0.6) is 0 Å². The molecule has 2 heterocycles. The number of hydrogen-bond acceptors (Lipinski definition) is 3. The van der Waals surface area contributed by atoms with Crippen LogP contribution >= 0.6 is 12.2 Å². The molecule has 1 aliphatic rings. The zero-order valence-electron chi connectivity index (χ0n) is 17.3. The van der Waals surface area contributed by atoms with E-state index in [4.69, 9.17) is 17.0 Å². The first kappa shape index (κ1) is 20.8. The highest BCUT2D eigenvalue weighted by atomic mass is 32.1. The lowest BCUT2D eigenvalue weighted by atomic mass is 10.0. The van der Waals surface area contributed by atoms with Crippen LogP contribution in [-0.2, 0) is 11.3 Å². The number of thiocarbonyl (C=S) groups is 1. The van der Waals surface area contributed by atoms with Gasteiger partial charge in [-0.25, -0.2) is 0 Å². The average Bonchev–Trinajstić information content (AvgIpc) is 3.16. The fourth-order valence-corrected chi connectivity index (χ4v) is 3.77. The maximum Gasteiger partial charge on any atom is 0.253 e. The Labute approximate surface area is 172 Å². The molecule has 5 nitrogen and oxygen atoms in total. The van der Waals surface area contributed by atoms with Crippen molar-refractivity contribution < 1.29 is 4.74 Å². The zero-order chi connectivity index (χ0) is 20.3. The molecule has 2 N–H and O–H groups in total. The number of benzene rings is 1. The van der Waals surface area contributed by atoms with E-state index in [9.17, 15) is 4.79 Å². The van der Waals surface area contributed by atoms with E-state index in [1.807, 2.05) is 13.0 Å². The van der Waals surface area contributed by atoms with E-state index in [0.29, 0.717) is 24.1 Å². The Hall–Kier alpha value is -1.92. The molecule has 0 unspecified atom stereocenters. The van der Waals surface area contributed by atoms with Crippen molar-refractivity contribution in [3.63, 3.8) is 0 Å². The number of aromatic amines is 1. The molecule has 1 saturated heterocycles. The number of hydrogen-bond donors (Lipinski definition) is 2. The summed E-state index contributed by atoms with van der Waals surface area (Å²) in [5.74, 6) is 0.498. The molecule has 2 aromatic rings. The fourth-order valence-electron chi connectivity index (χ4n) is 3.55. The van der Waals surface area contributed by atoms with Gasteiger partial charge in [0.25, 0.3) is 5.56 Å². The van der Waals surface area contributed by atoms with Crippen molar-refractivity contribution in [1.82, 2.24) is 15.2 Å². The normalized spacial score (nSPS) is 16.7. The van der Waals surface area contributed by atoms with Crippen LogP contribution in [0.2, 0.25) is 0 Å². The number of aryl methyl sites for hydroxylation is 2. The van der Waals surface area contributed by atoms with Crippen LogP contribution in [0.1, 0.15) is 43.4 Å². The number of pyridine rings is 1. The van der Waals surface area contributed by atoms with Gasteiger partial charge in [0, 0.05) is 25.3 Å². The highest BCUT2D eigenvalue weighted by Crippen LogP contribution is 2.20. The van der Waals surface area contributed by atoms with Crippen molar-refractivity contribution in [2.45, 2.75) is 53.2 Å². The predicted octanol–water partition coefficient (Wildman–Crippen LogP) is 3.66. The Morgan fingerprint density at radius 3 is 2.86 bits per heavy atom. The molecule has 28 heavy (non-hydrogen) atoms. The van der Waals surface area contributed by atoms with Gasteiger partial charge in [-0.1, -0.05) is 26.0 Å². The van der Waals surface area contributed by atoms with Crippen LogP contribution in [0.3, 0.4) is 0 Å². The molecule has 6 heteroatoms. The molecule has 0 radical (unpaired) electrons.